The summed E-state index contributed by atoms with van der Waals surface area (Å²) in [7, 11) is 0. The molecular weight excluding hydrogens is 328 g/mol. The number of carbonyl (C=O) groups is 2. The van der Waals surface area contributed by atoms with E-state index >= 15 is 0 Å². The zero-order valence-electron chi connectivity index (χ0n) is 16.0. The van der Waals surface area contributed by atoms with Crippen molar-refractivity contribution < 1.29 is 14.7 Å². The zero-order chi connectivity index (χ0) is 18.7. The Morgan fingerprint density at radius 1 is 1.27 bits per heavy atom. The van der Waals surface area contributed by atoms with Gasteiger partial charge < -0.3 is 14.9 Å². The Labute approximate surface area is 156 Å². The lowest BCUT2D eigenvalue weighted by molar-refractivity contribution is -0.139. The first-order chi connectivity index (χ1) is 12.5. The molecule has 0 aliphatic carbocycles. The highest BCUT2D eigenvalue weighted by Crippen LogP contribution is 2.39. The Morgan fingerprint density at radius 2 is 2.08 bits per heavy atom. The number of hydrogen-bond donors (Lipinski definition) is 1. The highest BCUT2D eigenvalue weighted by atomic mass is 16.3. The van der Waals surface area contributed by atoms with Crippen LogP contribution in [0.3, 0.4) is 0 Å². The molecule has 1 spiro atoms. The predicted molar refractivity (Wildman–Crippen MR) is 101 cm³/mol. The second kappa shape index (κ2) is 7.68. The molecule has 2 amide bonds. The molecule has 2 heterocycles. The van der Waals surface area contributed by atoms with E-state index in [0.717, 1.165) is 51.7 Å². The number of phenolic OH excluding ortho intramolecular Hbond substituents is 1. The van der Waals surface area contributed by atoms with Crippen LogP contribution >= 0.6 is 0 Å². The average molecular weight is 358 g/mol. The van der Waals surface area contributed by atoms with Gasteiger partial charge in [-0.15, -0.1) is 0 Å². The Bertz CT molecular complexity index is 688. The number of unbranched alkanes of at least 4 members (excludes halogenated alkanes) is 1. The predicted octanol–water partition coefficient (Wildman–Crippen LogP) is 3.35. The van der Waals surface area contributed by atoms with Gasteiger partial charge in [-0.2, -0.15) is 0 Å². The van der Waals surface area contributed by atoms with Crippen LogP contribution in [0.15, 0.2) is 18.2 Å². The summed E-state index contributed by atoms with van der Waals surface area (Å²) in [5, 5.41) is 9.92. The maximum absolute atomic E-state index is 13.1. The van der Waals surface area contributed by atoms with Gasteiger partial charge in [-0.05, 0) is 44.7 Å². The number of phenols is 1. The maximum Gasteiger partial charge on any atom is 0.254 e. The molecule has 1 aromatic rings. The molecule has 2 saturated heterocycles. The van der Waals surface area contributed by atoms with Crippen LogP contribution in [0.25, 0.3) is 0 Å². The van der Waals surface area contributed by atoms with Gasteiger partial charge in [0.05, 0.1) is 0 Å². The normalized spacial score (nSPS) is 23.5. The van der Waals surface area contributed by atoms with E-state index in [9.17, 15) is 14.7 Å². The van der Waals surface area contributed by atoms with Gasteiger partial charge in [0.2, 0.25) is 5.91 Å². The standard InChI is InChI=1S/C21H30N2O3/c1-3-4-12-22-14-21(11-9-19(22)25)10-6-13-23(15-21)20(26)17-7-5-8-18(24)16(17)2/h5,7-8,24H,3-4,6,9-15H2,1-2H3. The van der Waals surface area contributed by atoms with Crippen LogP contribution in [0.4, 0.5) is 0 Å². The first kappa shape index (κ1) is 18.7. The Hall–Kier alpha value is -2.04. The highest BCUT2D eigenvalue weighted by Gasteiger charge is 2.42. The molecule has 2 aliphatic heterocycles. The summed E-state index contributed by atoms with van der Waals surface area (Å²) in [6.07, 6.45) is 5.63. The first-order valence-electron chi connectivity index (χ1n) is 9.81. The van der Waals surface area contributed by atoms with Crippen LogP contribution in [-0.2, 0) is 4.79 Å². The molecule has 0 bridgehead atoms. The fourth-order valence-corrected chi connectivity index (χ4v) is 4.39. The van der Waals surface area contributed by atoms with Crippen LogP contribution in [0, 0.1) is 12.3 Å². The smallest absolute Gasteiger partial charge is 0.254 e. The van der Waals surface area contributed by atoms with Gasteiger partial charge in [0, 0.05) is 49.1 Å². The number of benzene rings is 1. The van der Waals surface area contributed by atoms with Crippen molar-refractivity contribution in [3.8, 4) is 5.75 Å². The fraction of sp³-hybridized carbons (Fsp3) is 0.619. The van der Waals surface area contributed by atoms with Crippen molar-refractivity contribution in [2.24, 2.45) is 5.41 Å². The van der Waals surface area contributed by atoms with Crippen LogP contribution in [0.5, 0.6) is 5.75 Å². The lowest BCUT2D eigenvalue weighted by Gasteiger charge is -2.48. The minimum Gasteiger partial charge on any atom is -0.508 e. The van der Waals surface area contributed by atoms with E-state index in [1.54, 1.807) is 25.1 Å². The third kappa shape index (κ3) is 3.71. The summed E-state index contributed by atoms with van der Waals surface area (Å²) in [6.45, 7) is 6.98. The number of likely N-dealkylation sites (tertiary alicyclic amines) is 2. The van der Waals surface area contributed by atoms with E-state index in [4.69, 9.17) is 0 Å². The van der Waals surface area contributed by atoms with Gasteiger partial charge in [-0.1, -0.05) is 19.4 Å². The van der Waals surface area contributed by atoms with Crippen molar-refractivity contribution in [3.05, 3.63) is 29.3 Å². The SMILES string of the molecule is CCCCN1CC2(CCCN(C(=O)c3cccc(O)c3C)C2)CCC1=O. The zero-order valence-corrected chi connectivity index (χ0v) is 16.0. The van der Waals surface area contributed by atoms with Crippen LogP contribution in [0.1, 0.15) is 61.4 Å². The monoisotopic (exact) mass is 358 g/mol. The lowest BCUT2D eigenvalue weighted by atomic mass is 9.73. The summed E-state index contributed by atoms with van der Waals surface area (Å²) in [4.78, 5) is 29.3. The van der Waals surface area contributed by atoms with Gasteiger partial charge in [0.25, 0.3) is 5.91 Å². The van der Waals surface area contributed by atoms with Crippen LogP contribution in [-0.4, -0.2) is 52.9 Å². The minimum absolute atomic E-state index is 0.00511. The molecule has 0 aromatic heterocycles. The Morgan fingerprint density at radius 3 is 2.85 bits per heavy atom. The molecule has 0 radical (unpaired) electrons. The van der Waals surface area contributed by atoms with E-state index in [0.29, 0.717) is 24.1 Å². The van der Waals surface area contributed by atoms with E-state index in [1.165, 1.54) is 0 Å². The Balaban J connectivity index is 1.75. The second-order valence-corrected chi connectivity index (χ2v) is 7.95. The average Bonchev–Trinajstić information content (AvgIpc) is 2.64. The number of carbonyl (C=O) groups excluding carboxylic acids is 2. The summed E-state index contributed by atoms with van der Waals surface area (Å²) in [6, 6.07) is 5.12. The van der Waals surface area contributed by atoms with Gasteiger partial charge >= 0.3 is 0 Å². The van der Waals surface area contributed by atoms with Crippen molar-refractivity contribution in [3.63, 3.8) is 0 Å². The number of rotatable bonds is 4. The molecule has 2 aliphatic rings. The quantitative estimate of drug-likeness (QED) is 0.898. The van der Waals surface area contributed by atoms with Crippen LogP contribution in [0.2, 0.25) is 0 Å². The molecular formula is C21H30N2O3. The van der Waals surface area contributed by atoms with E-state index < -0.39 is 0 Å². The number of piperidine rings is 2. The molecule has 1 unspecified atom stereocenters. The van der Waals surface area contributed by atoms with Gasteiger partial charge in [-0.25, -0.2) is 0 Å². The molecule has 5 heteroatoms. The van der Waals surface area contributed by atoms with Gasteiger partial charge in [0.1, 0.15) is 5.75 Å². The molecule has 1 atom stereocenters. The summed E-state index contributed by atoms with van der Waals surface area (Å²) in [5.74, 6) is 0.419. The van der Waals surface area contributed by atoms with E-state index in [-0.39, 0.29) is 23.0 Å². The third-order valence-corrected chi connectivity index (χ3v) is 6.01. The first-order valence-corrected chi connectivity index (χ1v) is 9.81. The van der Waals surface area contributed by atoms with Crippen molar-refractivity contribution in [2.75, 3.05) is 26.2 Å². The maximum atomic E-state index is 13.1. The Kier molecular flexibility index (Phi) is 5.54. The molecule has 2 fully saturated rings. The number of amides is 2. The molecule has 1 N–H and O–H groups in total. The van der Waals surface area contributed by atoms with Crippen molar-refractivity contribution in [2.45, 2.75) is 52.4 Å². The number of nitrogens with zero attached hydrogens (tertiary/aromatic N) is 2. The van der Waals surface area contributed by atoms with Crippen molar-refractivity contribution in [1.82, 2.24) is 9.80 Å². The van der Waals surface area contributed by atoms with Crippen LogP contribution < -0.4 is 0 Å². The minimum atomic E-state index is -0.00511. The highest BCUT2D eigenvalue weighted by molar-refractivity contribution is 5.96. The number of aromatic hydroxyl groups is 1. The van der Waals surface area contributed by atoms with Gasteiger partial charge in [0.15, 0.2) is 0 Å². The molecule has 1 aromatic carbocycles. The summed E-state index contributed by atoms with van der Waals surface area (Å²) < 4.78 is 0. The van der Waals surface area contributed by atoms with E-state index in [2.05, 4.69) is 6.92 Å². The van der Waals surface area contributed by atoms with Crippen molar-refractivity contribution in [1.29, 1.82) is 0 Å². The second-order valence-electron chi connectivity index (χ2n) is 7.95. The largest absolute Gasteiger partial charge is 0.508 e. The molecule has 0 saturated carbocycles. The third-order valence-electron chi connectivity index (χ3n) is 6.01. The summed E-state index contributed by atoms with van der Waals surface area (Å²) in [5.41, 5.74) is 1.25. The fourth-order valence-electron chi connectivity index (χ4n) is 4.39. The number of hydrogen-bond acceptors (Lipinski definition) is 3. The van der Waals surface area contributed by atoms with E-state index in [1.807, 2.05) is 9.80 Å². The molecule has 3 rings (SSSR count). The van der Waals surface area contributed by atoms with Crippen molar-refractivity contribution >= 4 is 11.8 Å². The topological polar surface area (TPSA) is 60.9 Å². The molecule has 142 valence electrons. The lowest BCUT2D eigenvalue weighted by Crippen LogP contribution is -2.55. The summed E-state index contributed by atoms with van der Waals surface area (Å²) >= 11 is 0. The van der Waals surface area contributed by atoms with Gasteiger partial charge in [-0.3, -0.25) is 9.59 Å². The molecule has 26 heavy (non-hydrogen) atoms. The molecule has 5 nitrogen and oxygen atoms in total.